The van der Waals surface area contributed by atoms with Crippen molar-refractivity contribution < 1.29 is 9.53 Å². The van der Waals surface area contributed by atoms with Crippen LogP contribution in [0.15, 0.2) is 35.3 Å². The first-order chi connectivity index (χ1) is 14.6. The van der Waals surface area contributed by atoms with Gasteiger partial charge in [0.05, 0.1) is 0 Å². The zero-order chi connectivity index (χ0) is 21.3. The molecule has 1 aromatic rings. The van der Waals surface area contributed by atoms with Crippen LogP contribution in [-0.2, 0) is 16.1 Å². The average Bonchev–Trinajstić information content (AvgIpc) is 3.32. The first kappa shape index (κ1) is 25.9. The standard InChI is InChI=1S/C23H37N5O2.HI/c1-19(26(3)18-20-8-5-4-6-9-20)11-12-25-23(24-2)28-15-13-27(14-16-28)22(29)21-10-7-17-30-21;/h4-6,8-9,19,21H,7,10-18H2,1-3H3,(H,24,25);1H. The normalized spacial score (nSPS) is 20.5. The van der Waals surface area contributed by atoms with Gasteiger partial charge in [0.1, 0.15) is 6.10 Å². The Morgan fingerprint density at radius 2 is 1.90 bits per heavy atom. The van der Waals surface area contributed by atoms with Crippen molar-refractivity contribution in [1.82, 2.24) is 20.0 Å². The van der Waals surface area contributed by atoms with Gasteiger partial charge in [0.15, 0.2) is 5.96 Å². The number of carbonyl (C=O) groups is 1. The molecule has 0 radical (unpaired) electrons. The number of nitrogens with zero attached hydrogens (tertiary/aromatic N) is 4. The third kappa shape index (κ3) is 7.61. The Bertz CT molecular complexity index is 688. The maximum Gasteiger partial charge on any atom is 0.251 e. The Balaban J connectivity index is 0.00000341. The first-order valence-corrected chi connectivity index (χ1v) is 11.2. The van der Waals surface area contributed by atoms with Gasteiger partial charge in [0.25, 0.3) is 5.91 Å². The van der Waals surface area contributed by atoms with Crippen molar-refractivity contribution in [2.45, 2.75) is 44.9 Å². The van der Waals surface area contributed by atoms with Crippen molar-refractivity contribution >= 4 is 35.8 Å². The van der Waals surface area contributed by atoms with Gasteiger partial charge in [0, 0.05) is 59.0 Å². The minimum atomic E-state index is -0.219. The van der Waals surface area contributed by atoms with Crippen LogP contribution in [-0.4, -0.2) is 92.1 Å². The van der Waals surface area contributed by atoms with E-state index in [0.29, 0.717) is 12.6 Å². The molecule has 7 nitrogen and oxygen atoms in total. The molecule has 2 aliphatic rings. The fourth-order valence-corrected chi connectivity index (χ4v) is 4.09. The van der Waals surface area contributed by atoms with Crippen molar-refractivity contribution in [3.05, 3.63) is 35.9 Å². The van der Waals surface area contributed by atoms with Crippen LogP contribution >= 0.6 is 24.0 Å². The molecule has 0 saturated carbocycles. The molecule has 2 atom stereocenters. The van der Waals surface area contributed by atoms with Gasteiger partial charge in [-0.1, -0.05) is 30.3 Å². The second-order valence-corrected chi connectivity index (χ2v) is 8.33. The molecular formula is C23H38IN5O2. The average molecular weight is 543 g/mol. The molecular weight excluding hydrogens is 505 g/mol. The number of carbonyl (C=O) groups excluding carboxylic acids is 1. The summed E-state index contributed by atoms with van der Waals surface area (Å²) in [5, 5.41) is 3.51. The molecule has 8 heteroatoms. The fourth-order valence-electron chi connectivity index (χ4n) is 4.09. The number of hydrogen-bond donors (Lipinski definition) is 1. The SMILES string of the molecule is CN=C(NCCC(C)N(C)Cc1ccccc1)N1CCN(C(=O)C2CCCO2)CC1.I. The van der Waals surface area contributed by atoms with Crippen LogP contribution in [0.3, 0.4) is 0 Å². The van der Waals surface area contributed by atoms with Gasteiger partial charge in [-0.05, 0) is 38.8 Å². The molecule has 2 saturated heterocycles. The summed E-state index contributed by atoms with van der Waals surface area (Å²) in [6.45, 7) is 7.89. The number of amides is 1. The van der Waals surface area contributed by atoms with Gasteiger partial charge in [-0.15, -0.1) is 24.0 Å². The molecule has 1 amide bonds. The summed E-state index contributed by atoms with van der Waals surface area (Å²) in [6, 6.07) is 11.1. The summed E-state index contributed by atoms with van der Waals surface area (Å²) in [4.78, 5) is 23.6. The quantitative estimate of drug-likeness (QED) is 0.325. The summed E-state index contributed by atoms with van der Waals surface area (Å²) < 4.78 is 5.55. The Kier molecular flexibility index (Phi) is 11.0. The predicted molar refractivity (Wildman–Crippen MR) is 136 cm³/mol. The van der Waals surface area contributed by atoms with E-state index in [1.807, 2.05) is 11.9 Å². The predicted octanol–water partition coefficient (Wildman–Crippen LogP) is 2.41. The summed E-state index contributed by atoms with van der Waals surface area (Å²) >= 11 is 0. The minimum absolute atomic E-state index is 0. The van der Waals surface area contributed by atoms with Gasteiger partial charge >= 0.3 is 0 Å². The van der Waals surface area contributed by atoms with Crippen molar-refractivity contribution in [1.29, 1.82) is 0 Å². The van der Waals surface area contributed by atoms with Crippen molar-refractivity contribution in [2.24, 2.45) is 4.99 Å². The molecule has 2 fully saturated rings. The molecule has 3 rings (SSSR count). The van der Waals surface area contributed by atoms with E-state index >= 15 is 0 Å². The number of rotatable bonds is 7. The van der Waals surface area contributed by atoms with E-state index in [1.54, 1.807) is 0 Å². The molecule has 2 heterocycles. The summed E-state index contributed by atoms with van der Waals surface area (Å²) in [5.74, 6) is 1.09. The lowest BCUT2D eigenvalue weighted by molar-refractivity contribution is -0.142. The molecule has 31 heavy (non-hydrogen) atoms. The van der Waals surface area contributed by atoms with Crippen LogP contribution < -0.4 is 5.32 Å². The van der Waals surface area contributed by atoms with E-state index < -0.39 is 0 Å². The van der Waals surface area contributed by atoms with Crippen LogP contribution in [0.25, 0.3) is 0 Å². The Hall–Kier alpha value is -1.39. The highest BCUT2D eigenvalue weighted by atomic mass is 127. The summed E-state index contributed by atoms with van der Waals surface area (Å²) in [7, 11) is 4.01. The molecule has 0 bridgehead atoms. The van der Waals surface area contributed by atoms with E-state index in [1.165, 1.54) is 5.56 Å². The third-order valence-corrected chi connectivity index (χ3v) is 6.18. The number of benzene rings is 1. The zero-order valence-corrected chi connectivity index (χ0v) is 21.5. The third-order valence-electron chi connectivity index (χ3n) is 6.18. The number of halogens is 1. The Morgan fingerprint density at radius 1 is 1.23 bits per heavy atom. The highest BCUT2D eigenvalue weighted by Gasteiger charge is 2.30. The van der Waals surface area contributed by atoms with Gasteiger partial charge in [-0.2, -0.15) is 0 Å². The summed E-state index contributed by atoms with van der Waals surface area (Å²) in [6.07, 6.45) is 2.67. The number of piperazine rings is 1. The molecule has 0 spiro atoms. The van der Waals surface area contributed by atoms with Gasteiger partial charge in [0.2, 0.25) is 0 Å². The highest BCUT2D eigenvalue weighted by Crippen LogP contribution is 2.16. The van der Waals surface area contributed by atoms with Crippen LogP contribution in [0.1, 0.15) is 31.7 Å². The van der Waals surface area contributed by atoms with E-state index in [-0.39, 0.29) is 36.0 Å². The number of guanidine groups is 1. The van der Waals surface area contributed by atoms with E-state index in [9.17, 15) is 4.79 Å². The number of aliphatic imine (C=N–C) groups is 1. The molecule has 1 aromatic carbocycles. The monoisotopic (exact) mass is 543 g/mol. The van der Waals surface area contributed by atoms with E-state index in [2.05, 4.69) is 64.4 Å². The van der Waals surface area contributed by atoms with Crippen LogP contribution in [0.4, 0.5) is 0 Å². The fraction of sp³-hybridized carbons (Fsp3) is 0.652. The van der Waals surface area contributed by atoms with Gasteiger partial charge in [-0.3, -0.25) is 14.7 Å². The Labute approximate surface area is 204 Å². The molecule has 1 N–H and O–H groups in total. The van der Waals surface area contributed by atoms with Crippen molar-refractivity contribution in [3.63, 3.8) is 0 Å². The van der Waals surface area contributed by atoms with Gasteiger partial charge in [-0.25, -0.2) is 0 Å². The van der Waals surface area contributed by atoms with E-state index in [4.69, 9.17) is 4.74 Å². The highest BCUT2D eigenvalue weighted by molar-refractivity contribution is 14.0. The van der Waals surface area contributed by atoms with Crippen LogP contribution in [0.5, 0.6) is 0 Å². The molecule has 2 unspecified atom stereocenters. The van der Waals surface area contributed by atoms with E-state index in [0.717, 1.165) is 64.5 Å². The molecule has 2 aliphatic heterocycles. The topological polar surface area (TPSA) is 60.4 Å². The number of ether oxygens (including phenoxy) is 1. The second-order valence-electron chi connectivity index (χ2n) is 8.33. The summed E-state index contributed by atoms with van der Waals surface area (Å²) in [5.41, 5.74) is 1.34. The van der Waals surface area contributed by atoms with Crippen molar-refractivity contribution in [3.8, 4) is 0 Å². The number of nitrogens with one attached hydrogen (secondary N) is 1. The first-order valence-electron chi connectivity index (χ1n) is 11.2. The number of hydrogen-bond acceptors (Lipinski definition) is 4. The smallest absolute Gasteiger partial charge is 0.251 e. The second kappa shape index (κ2) is 13.2. The lowest BCUT2D eigenvalue weighted by Gasteiger charge is -2.37. The van der Waals surface area contributed by atoms with Crippen LogP contribution in [0, 0.1) is 0 Å². The lowest BCUT2D eigenvalue weighted by Crippen LogP contribution is -2.55. The lowest BCUT2D eigenvalue weighted by atomic mass is 10.1. The molecule has 0 aliphatic carbocycles. The minimum Gasteiger partial charge on any atom is -0.368 e. The molecule has 174 valence electrons. The maximum absolute atomic E-state index is 12.5. The Morgan fingerprint density at radius 3 is 2.52 bits per heavy atom. The van der Waals surface area contributed by atoms with Crippen LogP contribution in [0.2, 0.25) is 0 Å². The zero-order valence-electron chi connectivity index (χ0n) is 19.1. The van der Waals surface area contributed by atoms with Crippen molar-refractivity contribution in [2.75, 3.05) is 53.4 Å². The largest absolute Gasteiger partial charge is 0.368 e. The van der Waals surface area contributed by atoms with Gasteiger partial charge < -0.3 is 19.9 Å². The molecule has 0 aromatic heterocycles. The maximum atomic E-state index is 12.5.